The monoisotopic (exact) mass is 351 g/mol. The highest BCUT2D eigenvalue weighted by Crippen LogP contribution is 2.14. The molecule has 0 spiro atoms. The summed E-state index contributed by atoms with van der Waals surface area (Å²) >= 11 is 0. The minimum Gasteiger partial charge on any atom is -0.466 e. The van der Waals surface area contributed by atoms with E-state index in [0.29, 0.717) is 26.0 Å². The molecule has 0 radical (unpaired) electrons. The molecule has 0 saturated heterocycles. The van der Waals surface area contributed by atoms with Crippen molar-refractivity contribution >= 4 is 11.9 Å². The van der Waals surface area contributed by atoms with Gasteiger partial charge in [-0.15, -0.1) is 0 Å². The Morgan fingerprint density at radius 1 is 1.36 bits per heavy atom. The van der Waals surface area contributed by atoms with Gasteiger partial charge in [0.05, 0.1) is 12.3 Å². The van der Waals surface area contributed by atoms with Crippen molar-refractivity contribution in [1.82, 2.24) is 20.4 Å². The van der Waals surface area contributed by atoms with E-state index in [0.717, 1.165) is 24.6 Å². The molecule has 0 aliphatic carbocycles. The molecule has 1 atom stereocenters. The van der Waals surface area contributed by atoms with Gasteiger partial charge < -0.3 is 15.4 Å². The van der Waals surface area contributed by atoms with Crippen molar-refractivity contribution in [1.29, 1.82) is 0 Å². The van der Waals surface area contributed by atoms with Crippen molar-refractivity contribution in [3.8, 4) is 0 Å². The second-order valence-electron chi connectivity index (χ2n) is 6.19. The average Bonchev–Trinajstić information content (AvgIpc) is 2.78. The number of nitrogens with zero attached hydrogens (tertiary/aromatic N) is 3. The molecule has 2 N–H and O–H groups in total. The van der Waals surface area contributed by atoms with E-state index in [9.17, 15) is 4.79 Å². The van der Waals surface area contributed by atoms with Crippen LogP contribution in [0.15, 0.2) is 4.99 Å². The zero-order valence-electron chi connectivity index (χ0n) is 16.5. The Hall–Kier alpha value is -2.05. The molecule has 1 aromatic rings. The van der Waals surface area contributed by atoms with Gasteiger partial charge in [-0.25, -0.2) is 0 Å². The van der Waals surface area contributed by atoms with E-state index in [4.69, 9.17) is 4.74 Å². The second-order valence-corrected chi connectivity index (χ2v) is 6.19. The second kappa shape index (κ2) is 10.7. The van der Waals surface area contributed by atoms with E-state index in [1.807, 2.05) is 32.5 Å². The smallest absolute Gasteiger partial charge is 0.305 e. The number of guanidine groups is 1. The molecule has 7 heteroatoms. The SMILES string of the molecule is CCNC(=NCCCC(=O)OCC)NC(C)Cc1c(C)nn(C)c1C. The summed E-state index contributed by atoms with van der Waals surface area (Å²) in [7, 11) is 1.97. The molecule has 0 amide bonds. The van der Waals surface area contributed by atoms with Crippen LogP contribution in [0.1, 0.15) is 50.6 Å². The summed E-state index contributed by atoms with van der Waals surface area (Å²) in [4.78, 5) is 15.9. The molecular formula is C18H33N5O2. The third-order valence-electron chi connectivity index (χ3n) is 4.01. The van der Waals surface area contributed by atoms with Crippen LogP contribution < -0.4 is 10.6 Å². The molecule has 1 rings (SSSR count). The molecule has 0 aromatic carbocycles. The number of hydrogen-bond donors (Lipinski definition) is 2. The fourth-order valence-corrected chi connectivity index (χ4v) is 2.67. The third kappa shape index (κ3) is 7.15. The number of hydrogen-bond acceptors (Lipinski definition) is 4. The number of rotatable bonds is 9. The van der Waals surface area contributed by atoms with Gasteiger partial charge in [0.1, 0.15) is 0 Å². The Bertz CT molecular complexity index is 580. The third-order valence-corrected chi connectivity index (χ3v) is 4.01. The van der Waals surface area contributed by atoms with Crippen LogP contribution in [0.5, 0.6) is 0 Å². The summed E-state index contributed by atoms with van der Waals surface area (Å²) in [6, 6.07) is 0.226. The van der Waals surface area contributed by atoms with Gasteiger partial charge in [-0.1, -0.05) is 0 Å². The van der Waals surface area contributed by atoms with Crippen LogP contribution >= 0.6 is 0 Å². The van der Waals surface area contributed by atoms with E-state index in [1.165, 1.54) is 11.3 Å². The number of ether oxygens (including phenoxy) is 1. The summed E-state index contributed by atoms with van der Waals surface area (Å²) in [6.45, 7) is 11.9. The number of aliphatic imine (C=N–C) groups is 1. The van der Waals surface area contributed by atoms with Crippen molar-refractivity contribution in [2.75, 3.05) is 19.7 Å². The van der Waals surface area contributed by atoms with E-state index in [1.54, 1.807) is 0 Å². The van der Waals surface area contributed by atoms with Crippen LogP contribution in [-0.4, -0.2) is 47.4 Å². The molecule has 1 unspecified atom stereocenters. The Kier molecular flexibility index (Phi) is 9.02. The van der Waals surface area contributed by atoms with Crippen LogP contribution in [0, 0.1) is 13.8 Å². The first kappa shape index (κ1) is 21.0. The molecule has 0 saturated carbocycles. The summed E-state index contributed by atoms with van der Waals surface area (Å²) in [5.41, 5.74) is 3.55. The number of carbonyl (C=O) groups excluding carboxylic acids is 1. The minimum absolute atomic E-state index is 0.161. The standard InChI is InChI=1S/C18H33N5O2/c1-7-19-18(20-11-9-10-17(24)25-8-2)21-13(3)12-16-14(4)22-23(6)15(16)5/h13H,7-12H2,1-6H3,(H2,19,20,21). The fraction of sp³-hybridized carbons (Fsp3) is 0.722. The van der Waals surface area contributed by atoms with Crippen molar-refractivity contribution in [3.05, 3.63) is 17.0 Å². The Morgan fingerprint density at radius 3 is 2.64 bits per heavy atom. The van der Waals surface area contributed by atoms with Crippen molar-refractivity contribution < 1.29 is 9.53 Å². The Balaban J connectivity index is 2.55. The zero-order chi connectivity index (χ0) is 18.8. The average molecular weight is 351 g/mol. The zero-order valence-corrected chi connectivity index (χ0v) is 16.5. The lowest BCUT2D eigenvalue weighted by atomic mass is 10.1. The van der Waals surface area contributed by atoms with Crippen molar-refractivity contribution in [3.63, 3.8) is 0 Å². The van der Waals surface area contributed by atoms with Gasteiger partial charge in [0, 0.05) is 38.3 Å². The molecule has 25 heavy (non-hydrogen) atoms. The molecule has 0 bridgehead atoms. The van der Waals surface area contributed by atoms with Crippen LogP contribution in [0.25, 0.3) is 0 Å². The van der Waals surface area contributed by atoms with E-state index in [2.05, 4.69) is 34.6 Å². The normalized spacial score (nSPS) is 12.8. The lowest BCUT2D eigenvalue weighted by molar-refractivity contribution is -0.143. The lowest BCUT2D eigenvalue weighted by Gasteiger charge is -2.18. The van der Waals surface area contributed by atoms with E-state index in [-0.39, 0.29) is 12.0 Å². The molecule has 1 heterocycles. The summed E-state index contributed by atoms with van der Waals surface area (Å²) in [5, 5.41) is 11.1. The van der Waals surface area contributed by atoms with Gasteiger partial charge in [-0.05, 0) is 53.0 Å². The maximum absolute atomic E-state index is 11.4. The summed E-state index contributed by atoms with van der Waals surface area (Å²) in [6.07, 6.45) is 1.98. The maximum atomic E-state index is 11.4. The summed E-state index contributed by atoms with van der Waals surface area (Å²) in [5.74, 6) is 0.615. The molecular weight excluding hydrogens is 318 g/mol. The van der Waals surface area contributed by atoms with Crippen LogP contribution in [-0.2, 0) is 23.0 Å². The number of nitrogens with one attached hydrogen (secondary N) is 2. The lowest BCUT2D eigenvalue weighted by Crippen LogP contribution is -2.43. The first-order chi connectivity index (χ1) is 11.9. The predicted molar refractivity (Wildman–Crippen MR) is 101 cm³/mol. The largest absolute Gasteiger partial charge is 0.466 e. The number of carbonyl (C=O) groups is 1. The highest BCUT2D eigenvalue weighted by atomic mass is 16.5. The van der Waals surface area contributed by atoms with Crippen molar-refractivity contribution in [2.24, 2.45) is 12.0 Å². The van der Waals surface area contributed by atoms with Gasteiger partial charge in [0.25, 0.3) is 0 Å². The molecule has 0 aliphatic rings. The molecule has 0 aliphatic heterocycles. The molecule has 7 nitrogen and oxygen atoms in total. The minimum atomic E-state index is -0.161. The van der Waals surface area contributed by atoms with Gasteiger partial charge in [-0.3, -0.25) is 14.5 Å². The Labute approximate surface area is 151 Å². The summed E-state index contributed by atoms with van der Waals surface area (Å²) < 4.78 is 6.85. The van der Waals surface area contributed by atoms with Crippen molar-refractivity contribution in [2.45, 2.75) is 59.9 Å². The van der Waals surface area contributed by atoms with Gasteiger partial charge >= 0.3 is 5.97 Å². The Morgan fingerprint density at radius 2 is 2.08 bits per heavy atom. The fourth-order valence-electron chi connectivity index (χ4n) is 2.67. The number of aromatic nitrogens is 2. The maximum Gasteiger partial charge on any atom is 0.305 e. The van der Waals surface area contributed by atoms with E-state index >= 15 is 0 Å². The van der Waals surface area contributed by atoms with Gasteiger partial charge in [-0.2, -0.15) is 5.10 Å². The first-order valence-corrected chi connectivity index (χ1v) is 9.08. The van der Waals surface area contributed by atoms with Gasteiger partial charge in [0.2, 0.25) is 0 Å². The van der Waals surface area contributed by atoms with E-state index < -0.39 is 0 Å². The number of esters is 1. The highest BCUT2D eigenvalue weighted by Gasteiger charge is 2.14. The molecule has 142 valence electrons. The highest BCUT2D eigenvalue weighted by molar-refractivity contribution is 5.80. The van der Waals surface area contributed by atoms with Crippen LogP contribution in [0.4, 0.5) is 0 Å². The number of aryl methyl sites for hydroxylation is 2. The topological polar surface area (TPSA) is 80.5 Å². The molecule has 1 aromatic heterocycles. The van der Waals surface area contributed by atoms with Crippen LogP contribution in [0.3, 0.4) is 0 Å². The quantitative estimate of drug-likeness (QED) is 0.307. The predicted octanol–water partition coefficient (Wildman–Crippen LogP) is 1.87. The molecule has 0 fully saturated rings. The van der Waals surface area contributed by atoms with Crippen LogP contribution in [0.2, 0.25) is 0 Å². The first-order valence-electron chi connectivity index (χ1n) is 9.08. The van der Waals surface area contributed by atoms with Gasteiger partial charge in [0.15, 0.2) is 5.96 Å².